The molecule has 0 atom stereocenters. The lowest BCUT2D eigenvalue weighted by Gasteiger charge is -2.39. The van der Waals surface area contributed by atoms with E-state index in [1.807, 2.05) is 40.9 Å². The summed E-state index contributed by atoms with van der Waals surface area (Å²) in [7, 11) is 0. The van der Waals surface area contributed by atoms with Crippen LogP contribution in [0.5, 0.6) is 0 Å². The Balaban J connectivity index is 1.37. The van der Waals surface area contributed by atoms with Crippen LogP contribution >= 0.6 is 11.6 Å². The zero-order valence-corrected chi connectivity index (χ0v) is 15.1. The first-order valence-corrected chi connectivity index (χ1v) is 9.46. The number of aliphatic hydroxyl groups is 1. The van der Waals surface area contributed by atoms with E-state index < -0.39 is 5.60 Å². The monoisotopic (exact) mass is 369 g/mol. The number of rotatable bonds is 3. The number of hydrogen-bond acceptors (Lipinski definition) is 5. The first-order valence-electron chi connectivity index (χ1n) is 9.08. The van der Waals surface area contributed by atoms with Crippen LogP contribution in [0.15, 0.2) is 36.4 Å². The Kier molecular flexibility index (Phi) is 3.65. The highest BCUT2D eigenvalue weighted by Gasteiger charge is 2.35. The van der Waals surface area contributed by atoms with Crippen LogP contribution in [0.25, 0.3) is 5.65 Å². The SMILES string of the molecule is OC1(c2ccc(Cl)cc2)CCN(c2ccc3nnc(C4CC4)n3n2)CC1. The van der Waals surface area contributed by atoms with Gasteiger partial charge in [0.25, 0.3) is 0 Å². The molecule has 0 unspecified atom stereocenters. The number of hydrogen-bond donors (Lipinski definition) is 1. The molecule has 2 fully saturated rings. The minimum Gasteiger partial charge on any atom is -0.385 e. The third-order valence-electron chi connectivity index (χ3n) is 5.51. The number of nitrogens with zero attached hydrogens (tertiary/aromatic N) is 5. The Bertz CT molecular complexity index is 942. The van der Waals surface area contributed by atoms with Gasteiger partial charge in [0.15, 0.2) is 11.5 Å². The van der Waals surface area contributed by atoms with Gasteiger partial charge in [-0.25, -0.2) is 0 Å². The summed E-state index contributed by atoms with van der Waals surface area (Å²) >= 11 is 5.97. The van der Waals surface area contributed by atoms with Gasteiger partial charge in [-0.1, -0.05) is 23.7 Å². The van der Waals surface area contributed by atoms with E-state index in [0.29, 0.717) is 23.8 Å². The van der Waals surface area contributed by atoms with Crippen molar-refractivity contribution in [2.45, 2.75) is 37.2 Å². The molecule has 1 N–H and O–H groups in total. The molecule has 134 valence electrons. The Morgan fingerprint density at radius 1 is 1.00 bits per heavy atom. The standard InChI is InChI=1S/C19H20ClN5O/c20-15-5-3-14(4-6-15)19(26)9-11-24(12-10-19)17-8-7-16-21-22-18(13-1-2-13)25(16)23-17/h3-8,13,26H,1-2,9-12H2. The molecule has 1 saturated heterocycles. The van der Waals surface area contributed by atoms with Crippen LogP contribution in [-0.4, -0.2) is 38.0 Å². The zero-order chi connectivity index (χ0) is 17.7. The molecule has 3 aromatic rings. The second-order valence-electron chi connectivity index (χ2n) is 7.32. The average molecular weight is 370 g/mol. The molecule has 6 nitrogen and oxygen atoms in total. The second-order valence-corrected chi connectivity index (χ2v) is 7.76. The van der Waals surface area contributed by atoms with Crippen molar-refractivity contribution in [1.29, 1.82) is 0 Å². The maximum atomic E-state index is 11.0. The first-order chi connectivity index (χ1) is 12.6. The van der Waals surface area contributed by atoms with E-state index in [9.17, 15) is 5.11 Å². The number of anilines is 1. The van der Waals surface area contributed by atoms with E-state index in [0.717, 1.165) is 35.9 Å². The first kappa shape index (κ1) is 16.0. The average Bonchev–Trinajstić information content (AvgIpc) is 3.42. The molecule has 2 aromatic heterocycles. The molecule has 1 aromatic carbocycles. The third kappa shape index (κ3) is 2.73. The predicted octanol–water partition coefficient (Wildman–Crippen LogP) is 3.14. The van der Waals surface area contributed by atoms with Crippen molar-refractivity contribution in [2.24, 2.45) is 0 Å². The Morgan fingerprint density at radius 2 is 1.73 bits per heavy atom. The van der Waals surface area contributed by atoms with Crippen molar-refractivity contribution >= 4 is 23.1 Å². The summed E-state index contributed by atoms with van der Waals surface area (Å²) in [6.07, 6.45) is 3.66. The molecule has 0 bridgehead atoms. The summed E-state index contributed by atoms with van der Waals surface area (Å²) in [6, 6.07) is 11.5. The highest BCUT2D eigenvalue weighted by molar-refractivity contribution is 6.30. The molecule has 3 heterocycles. The molecule has 1 saturated carbocycles. The second kappa shape index (κ2) is 5.93. The molecule has 5 rings (SSSR count). The van der Waals surface area contributed by atoms with Gasteiger partial charge >= 0.3 is 0 Å². The summed E-state index contributed by atoms with van der Waals surface area (Å²) in [5.41, 5.74) is 0.922. The third-order valence-corrected chi connectivity index (χ3v) is 5.76. The van der Waals surface area contributed by atoms with E-state index in [4.69, 9.17) is 16.7 Å². The fourth-order valence-corrected chi connectivity index (χ4v) is 3.84. The molecular formula is C19H20ClN5O. The Morgan fingerprint density at radius 3 is 2.42 bits per heavy atom. The van der Waals surface area contributed by atoms with Gasteiger partial charge in [-0.15, -0.1) is 15.3 Å². The maximum Gasteiger partial charge on any atom is 0.178 e. The number of fused-ring (bicyclic) bond motifs is 1. The molecule has 26 heavy (non-hydrogen) atoms. The van der Waals surface area contributed by atoms with Gasteiger partial charge in [0.05, 0.1) is 5.60 Å². The van der Waals surface area contributed by atoms with Crippen LogP contribution in [0, 0.1) is 0 Å². The quantitative estimate of drug-likeness (QED) is 0.768. The number of benzene rings is 1. The lowest BCUT2D eigenvalue weighted by molar-refractivity contribution is 0.0116. The smallest absolute Gasteiger partial charge is 0.178 e. The molecule has 7 heteroatoms. The summed E-state index contributed by atoms with van der Waals surface area (Å²) in [4.78, 5) is 2.22. The van der Waals surface area contributed by atoms with Crippen LogP contribution in [0.2, 0.25) is 5.02 Å². The summed E-state index contributed by atoms with van der Waals surface area (Å²) in [5.74, 6) is 2.39. The Hall–Kier alpha value is -2.18. The summed E-state index contributed by atoms with van der Waals surface area (Å²) in [5, 5.41) is 25.0. The van der Waals surface area contributed by atoms with Crippen LogP contribution in [0.1, 0.15) is 43.0 Å². The largest absolute Gasteiger partial charge is 0.385 e. The number of aromatic nitrogens is 4. The fourth-order valence-electron chi connectivity index (χ4n) is 3.72. The topological polar surface area (TPSA) is 66.5 Å². The molecular weight excluding hydrogens is 350 g/mol. The van der Waals surface area contributed by atoms with Crippen LogP contribution in [0.3, 0.4) is 0 Å². The lowest BCUT2D eigenvalue weighted by atomic mass is 9.84. The van der Waals surface area contributed by atoms with Gasteiger partial charge in [-0.3, -0.25) is 0 Å². The summed E-state index contributed by atoms with van der Waals surface area (Å²) < 4.78 is 1.88. The van der Waals surface area contributed by atoms with Gasteiger partial charge in [0, 0.05) is 24.0 Å². The van der Waals surface area contributed by atoms with E-state index >= 15 is 0 Å². The number of piperidine rings is 1. The summed E-state index contributed by atoms with van der Waals surface area (Å²) in [6.45, 7) is 1.50. The van der Waals surface area contributed by atoms with E-state index in [1.165, 1.54) is 12.8 Å². The molecule has 1 aliphatic heterocycles. The molecule has 0 radical (unpaired) electrons. The zero-order valence-electron chi connectivity index (χ0n) is 14.3. The van der Waals surface area contributed by atoms with E-state index in [1.54, 1.807) is 0 Å². The fraction of sp³-hybridized carbons (Fsp3) is 0.421. The molecule has 2 aliphatic rings. The maximum absolute atomic E-state index is 11.0. The van der Waals surface area contributed by atoms with E-state index in [-0.39, 0.29) is 0 Å². The normalized spacial score (nSPS) is 19.8. The van der Waals surface area contributed by atoms with Crippen LogP contribution < -0.4 is 4.90 Å². The van der Waals surface area contributed by atoms with Gasteiger partial charge in [0.2, 0.25) is 0 Å². The van der Waals surface area contributed by atoms with Crippen LogP contribution in [0.4, 0.5) is 5.82 Å². The Labute approximate surface area is 156 Å². The molecule has 0 spiro atoms. The van der Waals surface area contributed by atoms with Crippen molar-refractivity contribution in [1.82, 2.24) is 19.8 Å². The van der Waals surface area contributed by atoms with Gasteiger partial charge in [0.1, 0.15) is 5.82 Å². The number of halogens is 1. The van der Waals surface area contributed by atoms with Gasteiger partial charge < -0.3 is 10.0 Å². The van der Waals surface area contributed by atoms with Crippen molar-refractivity contribution in [2.75, 3.05) is 18.0 Å². The lowest BCUT2D eigenvalue weighted by Crippen LogP contribution is -2.43. The van der Waals surface area contributed by atoms with E-state index in [2.05, 4.69) is 15.1 Å². The van der Waals surface area contributed by atoms with Crippen molar-refractivity contribution in [3.8, 4) is 0 Å². The van der Waals surface area contributed by atoms with Crippen molar-refractivity contribution in [3.63, 3.8) is 0 Å². The molecule has 1 aliphatic carbocycles. The van der Waals surface area contributed by atoms with Crippen LogP contribution in [-0.2, 0) is 5.60 Å². The highest BCUT2D eigenvalue weighted by atomic mass is 35.5. The minimum atomic E-state index is -0.805. The minimum absolute atomic E-state index is 0.504. The van der Waals surface area contributed by atoms with Gasteiger partial charge in [-0.05, 0) is 55.5 Å². The molecule has 0 amide bonds. The van der Waals surface area contributed by atoms with Crippen molar-refractivity contribution in [3.05, 3.63) is 52.8 Å². The highest BCUT2D eigenvalue weighted by Crippen LogP contribution is 2.39. The van der Waals surface area contributed by atoms with Gasteiger partial charge in [-0.2, -0.15) is 4.52 Å². The predicted molar refractivity (Wildman–Crippen MR) is 99.6 cm³/mol. The van der Waals surface area contributed by atoms with Crippen molar-refractivity contribution < 1.29 is 5.11 Å².